The van der Waals surface area contributed by atoms with Crippen molar-refractivity contribution >= 4 is 26.4 Å². The van der Waals surface area contributed by atoms with Crippen LogP contribution < -0.4 is 0 Å². The van der Waals surface area contributed by atoms with E-state index in [0.29, 0.717) is 43.8 Å². The summed E-state index contributed by atoms with van der Waals surface area (Å²) in [5.41, 5.74) is -1.59. The summed E-state index contributed by atoms with van der Waals surface area (Å²) in [6, 6.07) is 1.48. The van der Waals surface area contributed by atoms with E-state index in [9.17, 15) is 13.2 Å². The third kappa shape index (κ3) is 22.9. The minimum absolute atomic E-state index is 0.0186. The summed E-state index contributed by atoms with van der Waals surface area (Å²) in [5.74, 6) is -1.85. The van der Waals surface area contributed by atoms with Crippen LogP contribution in [0.4, 0.5) is 17.6 Å². The zero-order valence-corrected chi connectivity index (χ0v) is 39.3. The summed E-state index contributed by atoms with van der Waals surface area (Å²) >= 11 is 0. The van der Waals surface area contributed by atoms with Crippen LogP contribution in [-0.2, 0) is 54.0 Å². The largest absolute Gasteiger partial charge is 0.500 e. The number of halogens is 4. The van der Waals surface area contributed by atoms with Gasteiger partial charge in [0.15, 0.2) is 5.60 Å². The Bertz CT molecular complexity index is 812. The van der Waals surface area contributed by atoms with E-state index in [2.05, 4.69) is 31.1 Å². The molecule has 0 heterocycles. The van der Waals surface area contributed by atoms with E-state index in [1.165, 1.54) is 0 Å². The van der Waals surface area contributed by atoms with Crippen LogP contribution in [0.3, 0.4) is 0 Å². The Kier molecular flexibility index (Phi) is 39.2. The Morgan fingerprint density at radius 1 is 0.473 bits per heavy atom. The van der Waals surface area contributed by atoms with Crippen LogP contribution in [0.25, 0.3) is 0 Å². The highest BCUT2D eigenvalue weighted by atomic mass is 28.4. The molecular formula is C36H78F4O12Si3. The van der Waals surface area contributed by atoms with Crippen LogP contribution in [0.2, 0.25) is 18.1 Å². The molecule has 0 aliphatic rings. The maximum atomic E-state index is 15.9. The predicted octanol–water partition coefficient (Wildman–Crippen LogP) is 9.19. The quantitative estimate of drug-likeness (QED) is 0.0272. The molecule has 1 unspecified atom stereocenters. The first-order valence-corrected chi connectivity index (χ1v) is 24.5. The first kappa shape index (κ1) is 61.0. The Balaban J connectivity index is -0.000000498. The van der Waals surface area contributed by atoms with Crippen LogP contribution in [0, 0.1) is 0 Å². The molecule has 0 aliphatic carbocycles. The van der Waals surface area contributed by atoms with Crippen molar-refractivity contribution in [1.82, 2.24) is 0 Å². The molecule has 1 atom stereocenters. The zero-order chi connectivity index (χ0) is 43.5. The smallest absolute Gasteiger partial charge is 0.377 e. The van der Waals surface area contributed by atoms with Gasteiger partial charge in [0.2, 0.25) is 5.85 Å². The molecule has 334 valence electrons. The summed E-state index contributed by atoms with van der Waals surface area (Å²) in [5, 5.41) is 0. The van der Waals surface area contributed by atoms with Crippen LogP contribution in [0.15, 0.2) is 26.3 Å². The maximum Gasteiger partial charge on any atom is 0.500 e. The third-order valence-corrected chi connectivity index (χ3v) is 17.4. The summed E-state index contributed by atoms with van der Waals surface area (Å²) in [7, 11) is 5.58. The van der Waals surface area contributed by atoms with Gasteiger partial charge in [-0.25, -0.2) is 4.39 Å². The molecule has 0 fully saturated rings. The van der Waals surface area contributed by atoms with E-state index < -0.39 is 50.7 Å². The van der Waals surface area contributed by atoms with E-state index >= 15 is 4.39 Å². The number of alkyl halides is 4. The lowest BCUT2D eigenvalue weighted by Crippen LogP contribution is -2.52. The lowest BCUT2D eigenvalue weighted by atomic mass is 9.92. The van der Waals surface area contributed by atoms with Crippen molar-refractivity contribution in [2.75, 3.05) is 90.5 Å². The number of unbranched alkanes of at least 4 members (excludes halogenated alkanes) is 1. The second-order valence-electron chi connectivity index (χ2n) is 11.7. The van der Waals surface area contributed by atoms with Gasteiger partial charge < -0.3 is 54.0 Å². The molecular weight excluding hydrogens is 785 g/mol. The maximum absolute atomic E-state index is 15.9. The summed E-state index contributed by atoms with van der Waals surface area (Å²) in [6.07, 6.45) is 0.316. The number of ether oxygens (including phenoxy) is 3. The SMILES string of the molecule is C=C.C=C.CCCCC(CC)(OCC)C(F)(F)OCCCF.CO[Si](CCCOC(F)(CCC[Si](OC)(OC)OC)CCC[Si](OC)(OC)OC)(OC)OC. The minimum atomic E-state index is -3.37. The molecule has 0 aliphatic heterocycles. The average molecular weight is 863 g/mol. The van der Waals surface area contributed by atoms with Crippen molar-refractivity contribution in [3.63, 3.8) is 0 Å². The monoisotopic (exact) mass is 862 g/mol. The fraction of sp³-hybridized carbons (Fsp3) is 0.889. The van der Waals surface area contributed by atoms with Gasteiger partial charge in [-0.15, -0.1) is 26.3 Å². The molecule has 0 saturated carbocycles. The average Bonchev–Trinajstić information content (AvgIpc) is 3.22. The van der Waals surface area contributed by atoms with Gasteiger partial charge in [-0.1, -0.05) is 26.7 Å². The van der Waals surface area contributed by atoms with Crippen LogP contribution in [0.1, 0.15) is 85.0 Å². The molecule has 0 rings (SSSR count). The second kappa shape index (κ2) is 35.3. The molecule has 12 nitrogen and oxygen atoms in total. The molecule has 55 heavy (non-hydrogen) atoms. The molecule has 0 aromatic rings. The molecule has 0 radical (unpaired) electrons. The van der Waals surface area contributed by atoms with Crippen molar-refractivity contribution in [3.05, 3.63) is 26.3 Å². The van der Waals surface area contributed by atoms with Crippen molar-refractivity contribution in [2.45, 2.75) is 121 Å². The first-order chi connectivity index (χ1) is 26.2. The van der Waals surface area contributed by atoms with E-state index in [4.69, 9.17) is 49.3 Å². The highest BCUT2D eigenvalue weighted by molar-refractivity contribution is 6.61. The Morgan fingerprint density at radius 3 is 1.15 bits per heavy atom. The third-order valence-electron chi connectivity index (χ3n) is 8.87. The van der Waals surface area contributed by atoms with E-state index in [0.717, 1.165) is 6.42 Å². The lowest BCUT2D eigenvalue weighted by molar-refractivity contribution is -0.343. The summed E-state index contributed by atoms with van der Waals surface area (Å²) < 4.78 is 121. The highest BCUT2D eigenvalue weighted by Crippen LogP contribution is 2.40. The summed E-state index contributed by atoms with van der Waals surface area (Å²) in [4.78, 5) is 0. The van der Waals surface area contributed by atoms with Crippen molar-refractivity contribution in [2.24, 2.45) is 0 Å². The molecule has 0 saturated heterocycles. The molecule has 0 N–H and O–H groups in total. The van der Waals surface area contributed by atoms with Crippen LogP contribution >= 0.6 is 0 Å². The Morgan fingerprint density at radius 2 is 0.836 bits per heavy atom. The molecule has 0 aromatic carbocycles. The van der Waals surface area contributed by atoms with Gasteiger partial charge in [0.05, 0.1) is 19.9 Å². The Labute approximate surface area is 334 Å². The molecule has 0 spiro atoms. The summed E-state index contributed by atoms with van der Waals surface area (Å²) in [6.45, 7) is 16.8. The van der Waals surface area contributed by atoms with Gasteiger partial charge in [0.25, 0.3) is 0 Å². The van der Waals surface area contributed by atoms with Crippen LogP contribution in [0.5, 0.6) is 0 Å². The molecule has 0 bridgehead atoms. The van der Waals surface area contributed by atoms with Gasteiger partial charge in [0, 0.05) is 102 Å². The number of hydrogen-bond acceptors (Lipinski definition) is 12. The fourth-order valence-electron chi connectivity index (χ4n) is 5.53. The van der Waals surface area contributed by atoms with Gasteiger partial charge in [-0.3, -0.25) is 4.39 Å². The first-order valence-electron chi connectivity index (χ1n) is 18.7. The predicted molar refractivity (Wildman–Crippen MR) is 216 cm³/mol. The number of hydrogen-bond donors (Lipinski definition) is 0. The highest BCUT2D eigenvalue weighted by Gasteiger charge is 2.54. The van der Waals surface area contributed by atoms with Crippen LogP contribution in [-0.4, -0.2) is 134 Å². The second-order valence-corrected chi connectivity index (χ2v) is 21.0. The minimum Gasteiger partial charge on any atom is -0.377 e. The lowest BCUT2D eigenvalue weighted by Gasteiger charge is -2.38. The van der Waals surface area contributed by atoms with Crippen molar-refractivity contribution < 1.29 is 71.6 Å². The van der Waals surface area contributed by atoms with E-state index in [-0.39, 0.29) is 51.9 Å². The standard InChI is InChI=1S/C19H45FO10Si3.C13H25F3O2.2C2H4/c1-21-31(22-2,23-3)16-10-13-19(20,14-11-17-32(24-4,25-5)26-6)30-15-12-18-33(27-7,28-8)29-9;1-4-7-9-12(5-2,17-6-3)13(15,16)18-11-8-10-14;2*1-2/h10-18H2,1-9H3;4-11H2,1-3H3;2*1-2H2. The van der Waals surface area contributed by atoms with E-state index in [1.807, 2.05) is 6.92 Å². The number of rotatable bonds is 33. The van der Waals surface area contributed by atoms with Gasteiger partial charge in [-0.2, -0.15) is 8.78 Å². The van der Waals surface area contributed by atoms with Crippen molar-refractivity contribution in [1.29, 1.82) is 0 Å². The van der Waals surface area contributed by atoms with Gasteiger partial charge >= 0.3 is 32.5 Å². The van der Waals surface area contributed by atoms with Gasteiger partial charge in [0.1, 0.15) is 0 Å². The molecule has 19 heteroatoms. The van der Waals surface area contributed by atoms with E-state index in [1.54, 1.807) is 77.8 Å². The van der Waals surface area contributed by atoms with Crippen molar-refractivity contribution in [3.8, 4) is 0 Å². The normalized spacial score (nSPS) is 13.5. The topological polar surface area (TPSA) is 111 Å². The molecule has 0 aromatic heterocycles. The fourth-order valence-corrected chi connectivity index (χ4v) is 10.7. The van der Waals surface area contributed by atoms with Gasteiger partial charge in [-0.05, 0) is 45.4 Å². The molecule has 0 amide bonds. The zero-order valence-electron chi connectivity index (χ0n) is 36.3. The Hall–Kier alpha value is -0.629.